The summed E-state index contributed by atoms with van der Waals surface area (Å²) >= 11 is 2.04. The second-order valence-electron chi connectivity index (χ2n) is 5.56. The minimum Gasteiger partial charge on any atom is -0.485 e. The van der Waals surface area contributed by atoms with Crippen LogP contribution in [0.25, 0.3) is 0 Å². The van der Waals surface area contributed by atoms with Gasteiger partial charge in [0.15, 0.2) is 11.5 Å². The number of amides is 3. The van der Waals surface area contributed by atoms with Gasteiger partial charge in [0.05, 0.1) is 12.1 Å². The molecule has 0 bridgehead atoms. The molecular weight excluding hydrogens is 465 g/mol. The number of fused-ring (bicyclic) bond motifs is 1. The monoisotopic (exact) mass is 481 g/mol. The van der Waals surface area contributed by atoms with Crippen molar-refractivity contribution in [3.63, 3.8) is 0 Å². The van der Waals surface area contributed by atoms with Crippen molar-refractivity contribution >= 4 is 40.3 Å². The molecule has 27 heavy (non-hydrogen) atoms. The number of rotatable bonds is 4. The maximum atomic E-state index is 12.1. The van der Waals surface area contributed by atoms with Gasteiger partial charge < -0.3 is 14.8 Å². The van der Waals surface area contributed by atoms with Crippen molar-refractivity contribution < 1.29 is 23.9 Å². The van der Waals surface area contributed by atoms with E-state index in [9.17, 15) is 14.4 Å². The number of carbonyl (C=O) groups is 3. The lowest BCUT2D eigenvalue weighted by Gasteiger charge is -2.25. The van der Waals surface area contributed by atoms with E-state index in [4.69, 9.17) is 9.47 Å². The quantitative estimate of drug-likeness (QED) is 0.447. The van der Waals surface area contributed by atoms with Gasteiger partial charge in [0.25, 0.3) is 17.7 Å². The molecule has 1 heterocycles. The van der Waals surface area contributed by atoms with E-state index in [1.54, 1.807) is 42.5 Å². The SMILES string of the molecule is O=C(CNC(=O)c1ccccc1I)NNC(=O)[C@@H]1COc2ccccc2O1. The second kappa shape index (κ2) is 8.71. The topological polar surface area (TPSA) is 106 Å². The van der Waals surface area contributed by atoms with Crippen molar-refractivity contribution in [3.8, 4) is 11.5 Å². The first-order valence-electron chi connectivity index (χ1n) is 8.04. The lowest BCUT2D eigenvalue weighted by molar-refractivity contribution is -0.134. The maximum Gasteiger partial charge on any atom is 0.283 e. The predicted octanol–water partition coefficient (Wildman–Crippen LogP) is 1.01. The van der Waals surface area contributed by atoms with Crippen LogP contribution in [0.15, 0.2) is 48.5 Å². The third kappa shape index (κ3) is 4.88. The summed E-state index contributed by atoms with van der Waals surface area (Å²) in [4.78, 5) is 36.0. The van der Waals surface area contributed by atoms with Crippen molar-refractivity contribution in [1.82, 2.24) is 16.2 Å². The van der Waals surface area contributed by atoms with E-state index in [0.717, 1.165) is 3.57 Å². The van der Waals surface area contributed by atoms with Crippen molar-refractivity contribution in [2.24, 2.45) is 0 Å². The van der Waals surface area contributed by atoms with Crippen LogP contribution < -0.4 is 25.6 Å². The van der Waals surface area contributed by atoms with E-state index < -0.39 is 17.9 Å². The summed E-state index contributed by atoms with van der Waals surface area (Å²) in [5.74, 6) is -0.479. The van der Waals surface area contributed by atoms with E-state index in [1.807, 2.05) is 28.7 Å². The highest BCUT2D eigenvalue weighted by Gasteiger charge is 2.27. The van der Waals surface area contributed by atoms with Crippen molar-refractivity contribution in [2.75, 3.05) is 13.2 Å². The van der Waals surface area contributed by atoms with Gasteiger partial charge in [-0.1, -0.05) is 24.3 Å². The average Bonchev–Trinajstić information content (AvgIpc) is 2.70. The maximum absolute atomic E-state index is 12.1. The molecule has 0 aromatic heterocycles. The molecule has 3 amide bonds. The van der Waals surface area contributed by atoms with Crippen LogP contribution in [0.3, 0.4) is 0 Å². The molecule has 0 saturated heterocycles. The Morgan fingerprint density at radius 1 is 1.00 bits per heavy atom. The van der Waals surface area contributed by atoms with E-state index in [2.05, 4.69) is 16.2 Å². The Balaban J connectivity index is 1.43. The van der Waals surface area contributed by atoms with Gasteiger partial charge in [0, 0.05) is 3.57 Å². The number of nitrogens with one attached hydrogen (secondary N) is 3. The Bertz CT molecular complexity index is 874. The molecule has 0 aliphatic carbocycles. The van der Waals surface area contributed by atoms with Crippen LogP contribution >= 0.6 is 22.6 Å². The zero-order valence-electron chi connectivity index (χ0n) is 14.0. The Hall–Kier alpha value is -2.82. The van der Waals surface area contributed by atoms with Gasteiger partial charge in [0.2, 0.25) is 6.10 Å². The fraction of sp³-hybridized carbons (Fsp3) is 0.167. The molecule has 3 N–H and O–H groups in total. The first kappa shape index (κ1) is 19.0. The Morgan fingerprint density at radius 3 is 2.48 bits per heavy atom. The minimum atomic E-state index is -0.888. The van der Waals surface area contributed by atoms with Gasteiger partial charge in [-0.25, -0.2) is 0 Å². The normalized spacial score (nSPS) is 14.8. The van der Waals surface area contributed by atoms with Crippen molar-refractivity contribution in [1.29, 1.82) is 0 Å². The summed E-state index contributed by atoms with van der Waals surface area (Å²) < 4.78 is 11.8. The van der Waals surface area contributed by atoms with Crippen LogP contribution in [0.5, 0.6) is 11.5 Å². The van der Waals surface area contributed by atoms with E-state index >= 15 is 0 Å². The lowest BCUT2D eigenvalue weighted by Crippen LogP contribution is -2.52. The van der Waals surface area contributed by atoms with E-state index in [-0.39, 0.29) is 19.1 Å². The number of hydrogen-bond acceptors (Lipinski definition) is 5. The molecule has 0 unspecified atom stereocenters. The van der Waals surface area contributed by atoms with Crippen LogP contribution in [0.1, 0.15) is 10.4 Å². The zero-order valence-corrected chi connectivity index (χ0v) is 16.2. The highest BCUT2D eigenvalue weighted by molar-refractivity contribution is 14.1. The molecule has 9 heteroatoms. The third-order valence-electron chi connectivity index (χ3n) is 3.65. The van der Waals surface area contributed by atoms with Crippen LogP contribution in [0.2, 0.25) is 0 Å². The van der Waals surface area contributed by atoms with Gasteiger partial charge in [-0.15, -0.1) is 0 Å². The first-order valence-corrected chi connectivity index (χ1v) is 9.12. The number of halogens is 1. The van der Waals surface area contributed by atoms with Gasteiger partial charge in [-0.3, -0.25) is 25.2 Å². The van der Waals surface area contributed by atoms with E-state index in [1.165, 1.54) is 0 Å². The number of hydrazine groups is 1. The van der Waals surface area contributed by atoms with Gasteiger partial charge in [-0.05, 0) is 46.9 Å². The number of carbonyl (C=O) groups excluding carboxylic acids is 3. The average molecular weight is 481 g/mol. The molecule has 1 aliphatic rings. The summed E-state index contributed by atoms with van der Waals surface area (Å²) in [6.45, 7) is -0.253. The molecule has 3 rings (SSSR count). The molecule has 2 aromatic rings. The van der Waals surface area contributed by atoms with Crippen molar-refractivity contribution in [3.05, 3.63) is 57.7 Å². The minimum absolute atomic E-state index is 0.0297. The van der Waals surface area contributed by atoms with E-state index in [0.29, 0.717) is 17.1 Å². The molecule has 2 aromatic carbocycles. The number of hydrogen-bond donors (Lipinski definition) is 3. The summed E-state index contributed by atoms with van der Waals surface area (Å²) in [5.41, 5.74) is 4.97. The number of para-hydroxylation sites is 2. The fourth-order valence-electron chi connectivity index (χ4n) is 2.31. The molecular formula is C18H16IN3O5. The van der Waals surface area contributed by atoms with Gasteiger partial charge in [-0.2, -0.15) is 0 Å². The van der Waals surface area contributed by atoms with Crippen LogP contribution in [0.4, 0.5) is 0 Å². The van der Waals surface area contributed by atoms with Crippen LogP contribution in [-0.4, -0.2) is 37.0 Å². The predicted molar refractivity (Wildman–Crippen MR) is 104 cm³/mol. The summed E-state index contributed by atoms with van der Waals surface area (Å²) in [6, 6.07) is 14.0. The summed E-state index contributed by atoms with van der Waals surface area (Å²) in [7, 11) is 0. The van der Waals surface area contributed by atoms with Gasteiger partial charge >= 0.3 is 0 Å². The molecule has 1 atom stereocenters. The zero-order chi connectivity index (χ0) is 19.2. The largest absolute Gasteiger partial charge is 0.485 e. The van der Waals surface area contributed by atoms with Crippen LogP contribution in [0, 0.1) is 3.57 Å². The lowest BCUT2D eigenvalue weighted by atomic mass is 10.2. The Labute approximate surface area is 168 Å². The van der Waals surface area contributed by atoms with Gasteiger partial charge in [0.1, 0.15) is 6.61 Å². The summed E-state index contributed by atoms with van der Waals surface area (Å²) in [6.07, 6.45) is -0.888. The molecule has 140 valence electrons. The Kier molecular flexibility index (Phi) is 6.12. The molecule has 1 aliphatic heterocycles. The standard InChI is InChI=1S/C18H16IN3O5/c19-12-6-2-1-5-11(12)17(24)20-9-16(23)21-22-18(25)15-10-26-13-7-3-4-8-14(13)27-15/h1-8,15H,9-10H2,(H,20,24)(H,21,23)(H,22,25)/t15-/m0/s1. The Morgan fingerprint density at radius 2 is 1.70 bits per heavy atom. The molecule has 0 radical (unpaired) electrons. The summed E-state index contributed by atoms with van der Waals surface area (Å²) in [5, 5.41) is 2.49. The smallest absolute Gasteiger partial charge is 0.283 e. The second-order valence-corrected chi connectivity index (χ2v) is 6.73. The number of ether oxygens (including phenoxy) is 2. The molecule has 0 fully saturated rings. The molecule has 0 saturated carbocycles. The number of benzene rings is 2. The molecule has 0 spiro atoms. The van der Waals surface area contributed by atoms with Crippen molar-refractivity contribution in [2.45, 2.75) is 6.10 Å². The fourth-order valence-corrected chi connectivity index (χ4v) is 2.94. The highest BCUT2D eigenvalue weighted by atomic mass is 127. The highest BCUT2D eigenvalue weighted by Crippen LogP contribution is 2.30. The first-order chi connectivity index (χ1) is 13.0. The third-order valence-corrected chi connectivity index (χ3v) is 4.59. The molecule has 8 nitrogen and oxygen atoms in total. The van der Waals surface area contributed by atoms with Crippen LogP contribution in [-0.2, 0) is 9.59 Å².